The summed E-state index contributed by atoms with van der Waals surface area (Å²) < 4.78 is 0. The summed E-state index contributed by atoms with van der Waals surface area (Å²) in [6, 6.07) is 0. The largest absolute Gasteiger partial charge is 0.370 e. The lowest BCUT2D eigenvalue weighted by atomic mass is 10.9. The Morgan fingerprint density at radius 2 is 2.27 bits per heavy atom. The topological polar surface area (TPSA) is 90.6 Å². The van der Waals surface area contributed by atoms with Gasteiger partial charge in [-0.3, -0.25) is 10.7 Å². The molecule has 5 N–H and O–H groups in total. The van der Waals surface area contributed by atoms with Gasteiger partial charge in [0.25, 0.3) is 0 Å². The smallest absolute Gasteiger partial charge is 0.206 e. The average molecular weight is 198 g/mol. The minimum absolute atomic E-state index is 0. The van der Waals surface area contributed by atoms with E-state index in [-0.39, 0.29) is 30.8 Å². The van der Waals surface area contributed by atoms with Gasteiger partial charge in [0.15, 0.2) is 5.96 Å². The molecule has 0 bridgehead atoms. The van der Waals surface area contributed by atoms with E-state index >= 15 is 0 Å². The Labute approximate surface area is 76.1 Å². The lowest BCUT2D eigenvalue weighted by molar-refractivity contribution is 1.28. The molecule has 0 saturated carbocycles. The van der Waals surface area contributed by atoms with Crippen molar-refractivity contribution in [1.82, 2.24) is 9.97 Å². The van der Waals surface area contributed by atoms with Gasteiger partial charge in [-0.25, -0.2) is 4.98 Å². The number of hydrogen-bond acceptors (Lipinski definition) is 2. The first-order chi connectivity index (χ1) is 4.29. The molecule has 0 aliphatic rings. The maximum atomic E-state index is 6.78. The van der Waals surface area contributed by atoms with Gasteiger partial charge in [-0.2, -0.15) is 0 Å². The van der Waals surface area contributed by atoms with E-state index in [4.69, 9.17) is 11.1 Å². The zero-order valence-corrected chi connectivity index (χ0v) is 7.13. The normalized spacial score (nSPS) is 7.27. The molecule has 0 spiro atoms. The van der Waals surface area contributed by atoms with Crippen molar-refractivity contribution in [3.8, 4) is 0 Å². The van der Waals surface area contributed by atoms with Crippen LogP contribution in [0.2, 0.25) is 0 Å². The van der Waals surface area contributed by atoms with Crippen LogP contribution in [-0.4, -0.2) is 15.9 Å². The molecule has 1 aromatic heterocycles. The molecule has 0 aliphatic heterocycles. The van der Waals surface area contributed by atoms with Gasteiger partial charge in [0.1, 0.15) is 0 Å². The third kappa shape index (κ3) is 4.46. The molecular weight excluding hydrogens is 189 g/mol. The number of H-pyrrole nitrogens is 1. The summed E-state index contributed by atoms with van der Waals surface area (Å²) in [5.74, 6) is 0.368. The highest BCUT2D eigenvalue weighted by Crippen LogP contribution is 1.91. The van der Waals surface area contributed by atoms with E-state index in [1.54, 1.807) is 12.4 Å². The Bertz CT molecular complexity index is 196. The molecule has 11 heavy (non-hydrogen) atoms. The van der Waals surface area contributed by atoms with Crippen molar-refractivity contribution in [2.24, 2.45) is 5.73 Å². The Hall–Kier alpha value is -0.940. The van der Waals surface area contributed by atoms with Gasteiger partial charge in [-0.05, 0) is 0 Å². The molecule has 1 aromatic rings. The van der Waals surface area contributed by atoms with Crippen molar-refractivity contribution < 1.29 is 0 Å². The van der Waals surface area contributed by atoms with E-state index < -0.39 is 0 Å². The maximum absolute atomic E-state index is 6.78. The van der Waals surface area contributed by atoms with Gasteiger partial charge in [0.2, 0.25) is 5.95 Å². The van der Waals surface area contributed by atoms with Gasteiger partial charge in [0.05, 0.1) is 0 Å². The van der Waals surface area contributed by atoms with Crippen LogP contribution in [0, 0.1) is 5.41 Å². The number of anilines is 1. The first-order valence-electron chi connectivity index (χ1n) is 2.39. The Balaban J connectivity index is 0. The van der Waals surface area contributed by atoms with Crippen molar-refractivity contribution in [2.75, 3.05) is 5.32 Å². The molecule has 1 rings (SSSR count). The second-order valence-electron chi connectivity index (χ2n) is 1.48. The second kappa shape index (κ2) is 5.82. The Kier molecular flexibility index (Phi) is 6.72. The van der Waals surface area contributed by atoms with E-state index in [9.17, 15) is 0 Å². The first kappa shape index (κ1) is 12.7. The first-order valence-corrected chi connectivity index (χ1v) is 2.39. The van der Waals surface area contributed by atoms with Crippen molar-refractivity contribution in [2.45, 2.75) is 0 Å². The van der Waals surface area contributed by atoms with Crippen LogP contribution in [0.5, 0.6) is 0 Å². The molecule has 1 heterocycles. The fourth-order valence-electron chi connectivity index (χ4n) is 0.461. The predicted molar refractivity (Wildman–Crippen MR) is 48.6 cm³/mol. The van der Waals surface area contributed by atoms with Crippen LogP contribution in [-0.2, 0) is 0 Å². The molecule has 0 atom stereocenters. The summed E-state index contributed by atoms with van der Waals surface area (Å²) in [4.78, 5) is 6.49. The second-order valence-corrected chi connectivity index (χ2v) is 1.48. The lowest BCUT2D eigenvalue weighted by Gasteiger charge is -1.94. The SMILES string of the molecule is Cl.Cl.N=C(N)Nc1ncc[nH]1. The monoisotopic (exact) mass is 197 g/mol. The third-order valence-electron chi connectivity index (χ3n) is 0.751. The summed E-state index contributed by atoms with van der Waals surface area (Å²) in [6.07, 6.45) is 3.22. The van der Waals surface area contributed by atoms with Gasteiger partial charge < -0.3 is 10.7 Å². The predicted octanol–water partition coefficient (Wildman–Crippen LogP) is 0.559. The molecule has 7 heteroatoms. The fraction of sp³-hybridized carbons (Fsp3) is 0. The Morgan fingerprint density at radius 1 is 1.64 bits per heavy atom. The van der Waals surface area contributed by atoms with Crippen LogP contribution >= 0.6 is 24.8 Å². The summed E-state index contributed by atoms with van der Waals surface area (Å²) in [5, 5.41) is 9.26. The van der Waals surface area contributed by atoms with E-state index in [2.05, 4.69) is 15.3 Å². The van der Waals surface area contributed by atoms with Crippen LogP contribution in [0.1, 0.15) is 0 Å². The number of nitrogens with two attached hydrogens (primary N) is 1. The van der Waals surface area contributed by atoms with Gasteiger partial charge in [0, 0.05) is 12.4 Å². The summed E-state index contributed by atoms with van der Waals surface area (Å²) in [5.41, 5.74) is 5.00. The molecular formula is C4H9Cl2N5. The number of aromatic amines is 1. The van der Waals surface area contributed by atoms with E-state index in [0.717, 1.165) is 0 Å². The molecule has 64 valence electrons. The minimum atomic E-state index is -0.120. The molecule has 0 aliphatic carbocycles. The number of nitrogens with one attached hydrogen (secondary N) is 3. The average Bonchev–Trinajstić information content (AvgIpc) is 2.15. The van der Waals surface area contributed by atoms with E-state index in [0.29, 0.717) is 5.95 Å². The Morgan fingerprint density at radius 3 is 2.64 bits per heavy atom. The number of nitrogens with zero attached hydrogens (tertiary/aromatic N) is 1. The van der Waals surface area contributed by atoms with Crippen LogP contribution < -0.4 is 11.1 Å². The molecule has 0 aromatic carbocycles. The maximum Gasteiger partial charge on any atom is 0.206 e. The zero-order valence-electron chi connectivity index (χ0n) is 5.50. The van der Waals surface area contributed by atoms with Crippen LogP contribution in [0.4, 0.5) is 5.95 Å². The number of aromatic nitrogens is 2. The van der Waals surface area contributed by atoms with Gasteiger partial charge in [-0.15, -0.1) is 24.8 Å². The molecule has 5 nitrogen and oxygen atoms in total. The number of guanidine groups is 1. The number of rotatable bonds is 1. The fourth-order valence-corrected chi connectivity index (χ4v) is 0.461. The lowest BCUT2D eigenvalue weighted by Crippen LogP contribution is -2.21. The van der Waals surface area contributed by atoms with Gasteiger partial charge in [-0.1, -0.05) is 0 Å². The van der Waals surface area contributed by atoms with E-state index in [1.165, 1.54) is 0 Å². The number of imidazole rings is 1. The van der Waals surface area contributed by atoms with Crippen molar-refractivity contribution in [3.63, 3.8) is 0 Å². The summed E-state index contributed by atoms with van der Waals surface area (Å²) in [6.45, 7) is 0. The molecule has 0 radical (unpaired) electrons. The zero-order chi connectivity index (χ0) is 6.69. The standard InChI is InChI=1S/C4H7N5.2ClH/c5-3(6)9-4-7-1-2-8-4;;/h1-2H,(H5,5,6,7,8,9);2*1H. The number of halogens is 2. The number of hydrogen-bond donors (Lipinski definition) is 4. The van der Waals surface area contributed by atoms with Crippen molar-refractivity contribution >= 4 is 36.7 Å². The quantitative estimate of drug-likeness (QED) is 0.392. The van der Waals surface area contributed by atoms with Crippen molar-refractivity contribution in [1.29, 1.82) is 5.41 Å². The molecule has 0 unspecified atom stereocenters. The van der Waals surface area contributed by atoms with Crippen LogP contribution in [0.15, 0.2) is 12.4 Å². The highest BCUT2D eigenvalue weighted by molar-refractivity contribution is 5.87. The molecule has 0 amide bonds. The van der Waals surface area contributed by atoms with Gasteiger partial charge >= 0.3 is 0 Å². The van der Waals surface area contributed by atoms with Crippen molar-refractivity contribution in [3.05, 3.63) is 12.4 Å². The molecule has 0 fully saturated rings. The summed E-state index contributed by atoms with van der Waals surface area (Å²) in [7, 11) is 0. The van der Waals surface area contributed by atoms with Crippen LogP contribution in [0.3, 0.4) is 0 Å². The van der Waals surface area contributed by atoms with Crippen LogP contribution in [0.25, 0.3) is 0 Å². The molecule has 0 saturated heterocycles. The minimum Gasteiger partial charge on any atom is -0.370 e. The third-order valence-corrected chi connectivity index (χ3v) is 0.751. The van der Waals surface area contributed by atoms with E-state index in [1.807, 2.05) is 0 Å². The highest BCUT2D eigenvalue weighted by Gasteiger charge is 1.90. The summed E-state index contributed by atoms with van der Waals surface area (Å²) >= 11 is 0. The highest BCUT2D eigenvalue weighted by atomic mass is 35.5.